The molecule has 2 aromatic rings. The minimum absolute atomic E-state index is 0.369. The molecule has 0 bridgehead atoms. The highest BCUT2D eigenvalue weighted by Gasteiger charge is 2.09. The Morgan fingerprint density at radius 1 is 1.16 bits per heavy atom. The van der Waals surface area contributed by atoms with E-state index in [1.165, 1.54) is 7.11 Å². The summed E-state index contributed by atoms with van der Waals surface area (Å²) in [4.78, 5) is 22.5. The van der Waals surface area contributed by atoms with Crippen molar-refractivity contribution >= 4 is 12.3 Å². The highest BCUT2D eigenvalue weighted by atomic mass is 16.5. The quantitative estimate of drug-likeness (QED) is 0.623. The van der Waals surface area contributed by atoms with Crippen LogP contribution in [0.15, 0.2) is 42.5 Å². The first-order valence-corrected chi connectivity index (χ1v) is 5.91. The molecule has 0 aromatic heterocycles. The Hall–Kier alpha value is -2.42. The van der Waals surface area contributed by atoms with E-state index in [0.717, 1.165) is 23.0 Å². The molecule has 0 unspecified atom stereocenters. The lowest BCUT2D eigenvalue weighted by atomic mass is 9.96. The van der Waals surface area contributed by atoms with E-state index in [9.17, 15) is 9.59 Å². The summed E-state index contributed by atoms with van der Waals surface area (Å²) >= 11 is 0. The Kier molecular flexibility index (Phi) is 3.76. The predicted octanol–water partition coefficient (Wildman–Crippen LogP) is 3.26. The molecule has 2 aromatic carbocycles. The molecular weight excluding hydrogens is 240 g/mol. The molecule has 0 aliphatic heterocycles. The molecule has 0 radical (unpaired) electrons. The number of ether oxygens (including phenoxy) is 1. The van der Waals surface area contributed by atoms with Crippen LogP contribution in [-0.4, -0.2) is 19.4 Å². The highest BCUT2D eigenvalue weighted by Crippen LogP contribution is 2.26. The van der Waals surface area contributed by atoms with Crippen molar-refractivity contribution in [1.29, 1.82) is 0 Å². The second-order valence-electron chi connectivity index (χ2n) is 4.21. The molecule has 0 N–H and O–H groups in total. The lowest BCUT2D eigenvalue weighted by molar-refractivity contribution is 0.0600. The molecule has 0 aliphatic rings. The number of aldehydes is 1. The fraction of sp³-hybridized carbons (Fsp3) is 0.125. The normalized spacial score (nSPS) is 10.0. The van der Waals surface area contributed by atoms with Gasteiger partial charge in [-0.25, -0.2) is 4.79 Å². The van der Waals surface area contributed by atoms with E-state index in [4.69, 9.17) is 4.74 Å². The van der Waals surface area contributed by atoms with Gasteiger partial charge in [-0.05, 0) is 35.7 Å². The van der Waals surface area contributed by atoms with Crippen molar-refractivity contribution in [1.82, 2.24) is 0 Å². The summed E-state index contributed by atoms with van der Waals surface area (Å²) in [6, 6.07) is 12.7. The minimum atomic E-state index is -0.369. The van der Waals surface area contributed by atoms with Crippen LogP contribution in [-0.2, 0) is 4.74 Å². The van der Waals surface area contributed by atoms with Gasteiger partial charge in [0.2, 0.25) is 0 Å². The fourth-order valence-corrected chi connectivity index (χ4v) is 2.03. The van der Waals surface area contributed by atoms with Crippen LogP contribution in [0.1, 0.15) is 26.3 Å². The summed E-state index contributed by atoms with van der Waals surface area (Å²) in [6.07, 6.45) is 0.836. The molecule has 0 spiro atoms. The van der Waals surface area contributed by atoms with Crippen molar-refractivity contribution in [2.45, 2.75) is 6.92 Å². The molecule has 2 rings (SSSR count). The summed E-state index contributed by atoms with van der Waals surface area (Å²) in [5.41, 5.74) is 3.89. The highest BCUT2D eigenvalue weighted by molar-refractivity contribution is 5.91. The van der Waals surface area contributed by atoms with Crippen LogP contribution in [0.4, 0.5) is 0 Å². The van der Waals surface area contributed by atoms with Gasteiger partial charge in [0.05, 0.1) is 12.7 Å². The standard InChI is InChI=1S/C16H14O3/c1-11-14(10-17)7-4-8-15(11)12-5-3-6-13(9-12)16(18)19-2/h3-10H,1-2H3. The molecule has 0 saturated carbocycles. The van der Waals surface area contributed by atoms with Crippen molar-refractivity contribution < 1.29 is 14.3 Å². The monoisotopic (exact) mass is 254 g/mol. The Labute approximate surface area is 111 Å². The van der Waals surface area contributed by atoms with Crippen LogP contribution in [0, 0.1) is 6.92 Å². The third-order valence-electron chi connectivity index (χ3n) is 3.10. The number of benzene rings is 2. The van der Waals surface area contributed by atoms with Crippen molar-refractivity contribution in [3.63, 3.8) is 0 Å². The van der Waals surface area contributed by atoms with Crippen molar-refractivity contribution in [3.8, 4) is 11.1 Å². The third kappa shape index (κ3) is 2.55. The second-order valence-corrected chi connectivity index (χ2v) is 4.21. The van der Waals surface area contributed by atoms with Gasteiger partial charge in [-0.2, -0.15) is 0 Å². The van der Waals surface area contributed by atoms with E-state index in [-0.39, 0.29) is 5.97 Å². The molecule has 19 heavy (non-hydrogen) atoms. The topological polar surface area (TPSA) is 43.4 Å². The van der Waals surface area contributed by atoms with Gasteiger partial charge in [0, 0.05) is 5.56 Å². The number of methoxy groups -OCH3 is 1. The van der Waals surface area contributed by atoms with Crippen LogP contribution >= 0.6 is 0 Å². The van der Waals surface area contributed by atoms with Crippen molar-refractivity contribution in [2.24, 2.45) is 0 Å². The lowest BCUT2D eigenvalue weighted by Crippen LogP contribution is -2.01. The number of carbonyl (C=O) groups is 2. The van der Waals surface area contributed by atoms with Gasteiger partial charge < -0.3 is 4.74 Å². The molecule has 0 amide bonds. The molecule has 0 atom stereocenters. The van der Waals surface area contributed by atoms with E-state index in [2.05, 4.69) is 0 Å². The Morgan fingerprint density at radius 3 is 2.58 bits per heavy atom. The van der Waals surface area contributed by atoms with Gasteiger partial charge in [0.15, 0.2) is 0 Å². The molecule has 0 saturated heterocycles. The minimum Gasteiger partial charge on any atom is -0.465 e. The summed E-state index contributed by atoms with van der Waals surface area (Å²) in [6.45, 7) is 1.89. The van der Waals surface area contributed by atoms with Gasteiger partial charge in [0.1, 0.15) is 6.29 Å². The summed E-state index contributed by atoms with van der Waals surface area (Å²) in [5.74, 6) is -0.369. The SMILES string of the molecule is COC(=O)c1cccc(-c2cccc(C=O)c2C)c1. The maximum absolute atomic E-state index is 11.5. The van der Waals surface area contributed by atoms with E-state index >= 15 is 0 Å². The Morgan fingerprint density at radius 2 is 1.89 bits per heavy atom. The van der Waals surface area contributed by atoms with Gasteiger partial charge in [0.25, 0.3) is 0 Å². The molecule has 3 heteroatoms. The van der Waals surface area contributed by atoms with E-state index in [1.54, 1.807) is 24.3 Å². The molecule has 3 nitrogen and oxygen atoms in total. The third-order valence-corrected chi connectivity index (χ3v) is 3.10. The van der Waals surface area contributed by atoms with Crippen LogP contribution in [0.5, 0.6) is 0 Å². The smallest absolute Gasteiger partial charge is 0.337 e. The molecular formula is C16H14O3. The average molecular weight is 254 g/mol. The van der Waals surface area contributed by atoms with Crippen LogP contribution < -0.4 is 0 Å². The molecule has 0 fully saturated rings. The van der Waals surface area contributed by atoms with E-state index < -0.39 is 0 Å². The number of carbonyl (C=O) groups excluding carboxylic acids is 2. The summed E-state index contributed by atoms with van der Waals surface area (Å²) in [7, 11) is 1.35. The number of hydrogen-bond acceptors (Lipinski definition) is 3. The molecule has 0 aliphatic carbocycles. The van der Waals surface area contributed by atoms with Gasteiger partial charge in [-0.15, -0.1) is 0 Å². The fourth-order valence-electron chi connectivity index (χ4n) is 2.03. The van der Waals surface area contributed by atoms with Gasteiger partial charge in [-0.1, -0.05) is 30.3 Å². The maximum atomic E-state index is 11.5. The first-order valence-electron chi connectivity index (χ1n) is 5.91. The first kappa shape index (κ1) is 13.0. The van der Waals surface area contributed by atoms with E-state index in [0.29, 0.717) is 11.1 Å². The van der Waals surface area contributed by atoms with Crippen LogP contribution in [0.3, 0.4) is 0 Å². The summed E-state index contributed by atoms with van der Waals surface area (Å²) in [5, 5.41) is 0. The number of esters is 1. The average Bonchev–Trinajstić information content (AvgIpc) is 2.46. The van der Waals surface area contributed by atoms with Crippen LogP contribution in [0.2, 0.25) is 0 Å². The zero-order valence-electron chi connectivity index (χ0n) is 10.8. The van der Waals surface area contributed by atoms with Gasteiger partial charge in [-0.3, -0.25) is 4.79 Å². The number of rotatable bonds is 3. The van der Waals surface area contributed by atoms with Crippen molar-refractivity contribution in [3.05, 3.63) is 59.2 Å². The lowest BCUT2D eigenvalue weighted by Gasteiger charge is -2.09. The zero-order valence-corrected chi connectivity index (χ0v) is 10.8. The number of hydrogen-bond donors (Lipinski definition) is 0. The second kappa shape index (κ2) is 5.48. The molecule has 0 heterocycles. The van der Waals surface area contributed by atoms with Gasteiger partial charge >= 0.3 is 5.97 Å². The zero-order chi connectivity index (χ0) is 13.8. The largest absolute Gasteiger partial charge is 0.465 e. The van der Waals surface area contributed by atoms with Crippen LogP contribution in [0.25, 0.3) is 11.1 Å². The molecule has 96 valence electrons. The predicted molar refractivity (Wildman–Crippen MR) is 73.3 cm³/mol. The Bertz CT molecular complexity index is 630. The Balaban J connectivity index is 2.53. The maximum Gasteiger partial charge on any atom is 0.337 e. The van der Waals surface area contributed by atoms with E-state index in [1.807, 2.05) is 25.1 Å². The summed E-state index contributed by atoms with van der Waals surface area (Å²) < 4.78 is 4.71. The van der Waals surface area contributed by atoms with Crippen molar-refractivity contribution in [2.75, 3.05) is 7.11 Å². The first-order chi connectivity index (χ1) is 9.17.